The average Bonchev–Trinajstić information content (AvgIpc) is 2.79. The molecule has 3 rings (SSSR count). The van der Waals surface area contributed by atoms with Crippen molar-refractivity contribution in [3.63, 3.8) is 0 Å². The monoisotopic (exact) mass is 287 g/mol. The van der Waals surface area contributed by atoms with Gasteiger partial charge in [0.15, 0.2) is 5.69 Å². The zero-order valence-electron chi connectivity index (χ0n) is 11.3. The molecule has 1 aliphatic rings. The zero-order chi connectivity index (χ0) is 15.0. The van der Waals surface area contributed by atoms with Crippen LogP contribution in [0.1, 0.15) is 12.0 Å². The number of carbonyl (C=O) groups is 2. The van der Waals surface area contributed by atoms with Crippen LogP contribution in [0.4, 0.5) is 10.5 Å². The number of aromatic nitrogens is 3. The third-order valence-corrected chi connectivity index (χ3v) is 3.25. The van der Waals surface area contributed by atoms with Crippen molar-refractivity contribution in [1.82, 2.24) is 15.0 Å². The highest BCUT2D eigenvalue weighted by Gasteiger charge is 2.20. The molecule has 0 unspecified atom stereocenters. The largest absolute Gasteiger partial charge is 0.411 e. The van der Waals surface area contributed by atoms with Crippen molar-refractivity contribution in [3.8, 4) is 17.1 Å². The SMILES string of the molecule is Cn1nnc(-c2ccc3c(c2)CCC(=O)N3)c1OC(N)=O. The van der Waals surface area contributed by atoms with E-state index in [1.165, 1.54) is 4.68 Å². The van der Waals surface area contributed by atoms with Crippen molar-refractivity contribution in [2.75, 3.05) is 5.32 Å². The molecule has 1 aliphatic heterocycles. The summed E-state index contributed by atoms with van der Waals surface area (Å²) in [5.74, 6) is 0.190. The minimum Gasteiger partial charge on any atom is -0.389 e. The van der Waals surface area contributed by atoms with Gasteiger partial charge in [0.25, 0.3) is 5.88 Å². The number of anilines is 1. The quantitative estimate of drug-likeness (QED) is 0.849. The van der Waals surface area contributed by atoms with E-state index in [-0.39, 0.29) is 11.8 Å². The van der Waals surface area contributed by atoms with Crippen LogP contribution in [-0.2, 0) is 18.3 Å². The molecule has 1 aromatic carbocycles. The number of ether oxygens (including phenoxy) is 1. The number of amides is 2. The Kier molecular flexibility index (Phi) is 3.05. The van der Waals surface area contributed by atoms with E-state index in [1.807, 2.05) is 6.07 Å². The number of benzene rings is 1. The number of hydrogen-bond donors (Lipinski definition) is 2. The fourth-order valence-electron chi connectivity index (χ4n) is 2.27. The lowest BCUT2D eigenvalue weighted by Crippen LogP contribution is -2.19. The average molecular weight is 287 g/mol. The van der Waals surface area contributed by atoms with Crippen LogP contribution in [0.3, 0.4) is 0 Å². The van der Waals surface area contributed by atoms with E-state index in [0.717, 1.165) is 16.8 Å². The lowest BCUT2D eigenvalue weighted by molar-refractivity contribution is -0.116. The molecule has 0 atom stereocenters. The van der Waals surface area contributed by atoms with Crippen molar-refractivity contribution in [3.05, 3.63) is 23.8 Å². The zero-order valence-corrected chi connectivity index (χ0v) is 11.3. The molecule has 3 N–H and O–H groups in total. The third kappa shape index (κ3) is 2.42. The predicted octanol–water partition coefficient (Wildman–Crippen LogP) is 0.824. The number of fused-ring (bicyclic) bond motifs is 1. The normalized spacial score (nSPS) is 13.5. The number of rotatable bonds is 2. The molecule has 0 radical (unpaired) electrons. The molecule has 2 heterocycles. The molecule has 0 aliphatic carbocycles. The van der Waals surface area contributed by atoms with Gasteiger partial charge in [0.2, 0.25) is 5.91 Å². The van der Waals surface area contributed by atoms with Crippen LogP contribution in [0.5, 0.6) is 5.88 Å². The molecular formula is C13H13N5O3. The van der Waals surface area contributed by atoms with Crippen molar-refractivity contribution in [2.24, 2.45) is 12.8 Å². The number of nitrogens with zero attached hydrogens (tertiary/aromatic N) is 3. The van der Waals surface area contributed by atoms with E-state index in [1.54, 1.807) is 19.2 Å². The molecule has 0 saturated heterocycles. The molecule has 8 heteroatoms. The standard InChI is InChI=1S/C13H13N5O3/c1-18-12(21-13(14)20)11(16-17-18)8-2-4-9-7(6-8)3-5-10(19)15-9/h2,4,6H,3,5H2,1H3,(H2,14,20)(H,15,19). The number of nitrogens with one attached hydrogen (secondary N) is 1. The number of aryl methyl sites for hydroxylation is 2. The highest BCUT2D eigenvalue weighted by molar-refractivity contribution is 5.94. The minimum absolute atomic E-state index is 0.00695. The first-order chi connectivity index (χ1) is 10.0. The van der Waals surface area contributed by atoms with Crippen LogP contribution < -0.4 is 15.8 Å². The van der Waals surface area contributed by atoms with Gasteiger partial charge in [0, 0.05) is 24.7 Å². The first-order valence-corrected chi connectivity index (χ1v) is 6.34. The highest BCUT2D eigenvalue weighted by Crippen LogP contribution is 2.32. The Hall–Kier alpha value is -2.90. The first kappa shape index (κ1) is 13.1. The second-order valence-electron chi connectivity index (χ2n) is 4.71. The van der Waals surface area contributed by atoms with Crippen LogP contribution in [-0.4, -0.2) is 27.0 Å². The molecule has 2 aromatic rings. The molecule has 108 valence electrons. The predicted molar refractivity (Wildman–Crippen MR) is 73.6 cm³/mol. The molecule has 8 nitrogen and oxygen atoms in total. The second kappa shape index (κ2) is 4.89. The van der Waals surface area contributed by atoms with Crippen LogP contribution in [0.15, 0.2) is 18.2 Å². The van der Waals surface area contributed by atoms with E-state index >= 15 is 0 Å². The van der Waals surface area contributed by atoms with Crippen molar-refractivity contribution < 1.29 is 14.3 Å². The fourth-order valence-corrected chi connectivity index (χ4v) is 2.27. The Morgan fingerprint density at radius 3 is 3.00 bits per heavy atom. The Balaban J connectivity index is 2.02. The number of hydrogen-bond acceptors (Lipinski definition) is 5. The van der Waals surface area contributed by atoms with Crippen LogP contribution in [0.2, 0.25) is 0 Å². The first-order valence-electron chi connectivity index (χ1n) is 6.34. The summed E-state index contributed by atoms with van der Waals surface area (Å²) in [5, 5.41) is 10.6. The minimum atomic E-state index is -0.924. The van der Waals surface area contributed by atoms with E-state index in [2.05, 4.69) is 15.6 Å². The van der Waals surface area contributed by atoms with Gasteiger partial charge in [0.05, 0.1) is 0 Å². The van der Waals surface area contributed by atoms with E-state index in [9.17, 15) is 9.59 Å². The topological polar surface area (TPSA) is 112 Å². The molecule has 1 aromatic heterocycles. The van der Waals surface area contributed by atoms with Gasteiger partial charge in [-0.05, 0) is 24.1 Å². The third-order valence-electron chi connectivity index (χ3n) is 3.25. The van der Waals surface area contributed by atoms with Gasteiger partial charge in [-0.1, -0.05) is 11.3 Å². The van der Waals surface area contributed by atoms with E-state index in [4.69, 9.17) is 10.5 Å². The van der Waals surface area contributed by atoms with Crippen molar-refractivity contribution in [1.29, 1.82) is 0 Å². The number of nitrogens with two attached hydrogens (primary N) is 1. The molecule has 0 bridgehead atoms. The fraction of sp³-hybridized carbons (Fsp3) is 0.231. The lowest BCUT2D eigenvalue weighted by atomic mass is 9.99. The summed E-state index contributed by atoms with van der Waals surface area (Å²) >= 11 is 0. The van der Waals surface area contributed by atoms with Gasteiger partial charge in [-0.3, -0.25) is 4.79 Å². The van der Waals surface area contributed by atoms with Gasteiger partial charge in [-0.15, -0.1) is 5.10 Å². The summed E-state index contributed by atoms with van der Waals surface area (Å²) in [6, 6.07) is 5.47. The Bertz CT molecular complexity index is 737. The van der Waals surface area contributed by atoms with Gasteiger partial charge in [-0.2, -0.15) is 0 Å². The van der Waals surface area contributed by atoms with Gasteiger partial charge >= 0.3 is 6.09 Å². The van der Waals surface area contributed by atoms with Crippen molar-refractivity contribution in [2.45, 2.75) is 12.8 Å². The summed E-state index contributed by atoms with van der Waals surface area (Å²) in [6.45, 7) is 0. The van der Waals surface area contributed by atoms with Gasteiger partial charge < -0.3 is 15.8 Å². The summed E-state index contributed by atoms with van der Waals surface area (Å²) < 4.78 is 6.27. The highest BCUT2D eigenvalue weighted by atomic mass is 16.6. The van der Waals surface area contributed by atoms with Crippen molar-refractivity contribution >= 4 is 17.7 Å². The molecule has 2 amide bonds. The smallest absolute Gasteiger partial charge is 0.389 e. The molecule has 0 fully saturated rings. The van der Waals surface area contributed by atoms with E-state index in [0.29, 0.717) is 18.5 Å². The van der Waals surface area contributed by atoms with Gasteiger partial charge in [0.1, 0.15) is 0 Å². The summed E-state index contributed by atoms with van der Waals surface area (Å²) in [7, 11) is 1.60. The van der Waals surface area contributed by atoms with Crippen LogP contribution in [0, 0.1) is 0 Å². The Morgan fingerprint density at radius 2 is 2.24 bits per heavy atom. The summed E-state index contributed by atoms with van der Waals surface area (Å²) in [5.41, 5.74) is 8.01. The maximum absolute atomic E-state index is 11.4. The molecule has 21 heavy (non-hydrogen) atoms. The molecule has 0 spiro atoms. The van der Waals surface area contributed by atoms with Gasteiger partial charge in [-0.25, -0.2) is 9.48 Å². The molecular weight excluding hydrogens is 274 g/mol. The number of primary amides is 1. The maximum atomic E-state index is 11.4. The number of carbonyl (C=O) groups excluding carboxylic acids is 2. The molecule has 0 saturated carbocycles. The van der Waals surface area contributed by atoms with E-state index < -0.39 is 6.09 Å². The second-order valence-corrected chi connectivity index (χ2v) is 4.71. The van der Waals surface area contributed by atoms with Crippen LogP contribution in [0.25, 0.3) is 11.3 Å². The Labute approximate surface area is 119 Å². The van der Waals surface area contributed by atoms with Crippen LogP contribution >= 0.6 is 0 Å². The summed E-state index contributed by atoms with van der Waals surface area (Å²) in [6.07, 6.45) is 0.176. The maximum Gasteiger partial charge on any atom is 0.411 e. The summed E-state index contributed by atoms with van der Waals surface area (Å²) in [4.78, 5) is 22.3. The Morgan fingerprint density at radius 1 is 1.43 bits per heavy atom. The lowest BCUT2D eigenvalue weighted by Gasteiger charge is -2.17.